The van der Waals surface area contributed by atoms with Gasteiger partial charge in [0, 0.05) is 12.7 Å². The number of rotatable bonds is 7. The van der Waals surface area contributed by atoms with E-state index in [1.165, 1.54) is 12.1 Å². The standard InChI is InChI=1S/C10H13BO5/c1-2-14-6-7-15-9-4-3-5-10(8-9)16-11(12)13/h3-5,8H,2,6-7H2,1H3/q-2. The van der Waals surface area contributed by atoms with Gasteiger partial charge in [0.25, 0.3) is 0 Å². The molecule has 6 heteroatoms. The minimum Gasteiger partial charge on any atom is -0.860 e. The minimum atomic E-state index is -2.32. The highest BCUT2D eigenvalue weighted by atomic mass is 16.6. The molecule has 0 aliphatic carbocycles. The van der Waals surface area contributed by atoms with Crippen molar-refractivity contribution >= 4 is 7.32 Å². The van der Waals surface area contributed by atoms with Crippen LogP contribution in [0, 0.1) is 0 Å². The second kappa shape index (κ2) is 7.11. The predicted octanol–water partition coefficient (Wildman–Crippen LogP) is -0.814. The van der Waals surface area contributed by atoms with Crippen LogP contribution in [0.3, 0.4) is 0 Å². The first kappa shape index (κ1) is 12.8. The summed E-state index contributed by atoms with van der Waals surface area (Å²) in [5.74, 6) is 0.752. The highest BCUT2D eigenvalue weighted by Crippen LogP contribution is 2.18. The van der Waals surface area contributed by atoms with Crippen LogP contribution in [-0.4, -0.2) is 27.1 Å². The summed E-state index contributed by atoms with van der Waals surface area (Å²) in [5.41, 5.74) is 0. The van der Waals surface area contributed by atoms with Gasteiger partial charge in [-0.05, 0) is 19.1 Å². The maximum Gasteiger partial charge on any atom is 0.133 e. The highest BCUT2D eigenvalue weighted by molar-refractivity contribution is 6.29. The molecule has 0 aliphatic rings. The largest absolute Gasteiger partial charge is 0.860 e. The van der Waals surface area contributed by atoms with E-state index >= 15 is 0 Å². The zero-order valence-electron chi connectivity index (χ0n) is 9.05. The predicted molar refractivity (Wildman–Crippen MR) is 54.8 cm³/mol. The fourth-order valence-corrected chi connectivity index (χ4v) is 1.11. The van der Waals surface area contributed by atoms with Gasteiger partial charge in [-0.2, -0.15) is 0 Å². The number of ether oxygens (including phenoxy) is 2. The maximum atomic E-state index is 10.3. The Hall–Kier alpha value is -1.24. The summed E-state index contributed by atoms with van der Waals surface area (Å²) in [4.78, 5) is 0. The molecule has 0 saturated heterocycles. The number of benzene rings is 1. The molecule has 0 N–H and O–H groups in total. The van der Waals surface area contributed by atoms with E-state index in [0.717, 1.165) is 0 Å². The van der Waals surface area contributed by atoms with E-state index in [1.807, 2.05) is 6.92 Å². The zero-order valence-corrected chi connectivity index (χ0v) is 9.05. The lowest BCUT2D eigenvalue weighted by molar-refractivity contribution is -0.372. The molecule has 0 spiro atoms. The third-order valence-corrected chi connectivity index (χ3v) is 1.74. The van der Waals surface area contributed by atoms with Crippen LogP contribution in [0.2, 0.25) is 0 Å². The molecule has 5 nitrogen and oxygen atoms in total. The summed E-state index contributed by atoms with van der Waals surface area (Å²) in [5, 5.41) is 20.5. The Kier molecular flexibility index (Phi) is 5.70. The molecule has 0 radical (unpaired) electrons. The van der Waals surface area contributed by atoms with Crippen molar-refractivity contribution in [3.05, 3.63) is 24.3 Å². The Morgan fingerprint density at radius 2 is 1.94 bits per heavy atom. The lowest BCUT2D eigenvalue weighted by Gasteiger charge is -2.26. The van der Waals surface area contributed by atoms with Gasteiger partial charge in [-0.15, -0.1) is 0 Å². The zero-order chi connectivity index (χ0) is 11.8. The summed E-state index contributed by atoms with van der Waals surface area (Å²) >= 11 is 0. The van der Waals surface area contributed by atoms with Crippen LogP contribution in [-0.2, 0) is 4.74 Å². The molecule has 88 valence electrons. The van der Waals surface area contributed by atoms with Crippen molar-refractivity contribution in [2.75, 3.05) is 19.8 Å². The Bertz CT molecular complexity index is 305. The molecular formula is C10H13BO5-2. The van der Waals surface area contributed by atoms with Crippen molar-refractivity contribution < 1.29 is 24.2 Å². The summed E-state index contributed by atoms with van der Waals surface area (Å²) in [7, 11) is -2.32. The quantitative estimate of drug-likeness (QED) is 0.447. The van der Waals surface area contributed by atoms with E-state index in [1.54, 1.807) is 12.1 Å². The van der Waals surface area contributed by atoms with Gasteiger partial charge in [0.1, 0.15) is 19.7 Å². The Morgan fingerprint density at radius 1 is 1.19 bits per heavy atom. The highest BCUT2D eigenvalue weighted by Gasteiger charge is 1.96. The van der Waals surface area contributed by atoms with Gasteiger partial charge in [-0.1, -0.05) is 6.07 Å². The Labute approximate surface area is 94.7 Å². The second-order valence-electron chi connectivity index (χ2n) is 2.93. The summed E-state index contributed by atoms with van der Waals surface area (Å²) in [6, 6.07) is 6.38. The van der Waals surface area contributed by atoms with Crippen molar-refractivity contribution in [3.8, 4) is 11.5 Å². The second-order valence-corrected chi connectivity index (χ2v) is 2.93. The molecule has 0 aliphatic heterocycles. The fourth-order valence-electron chi connectivity index (χ4n) is 1.11. The monoisotopic (exact) mass is 224 g/mol. The summed E-state index contributed by atoms with van der Waals surface area (Å²) in [6.07, 6.45) is 0. The van der Waals surface area contributed by atoms with E-state index in [2.05, 4.69) is 4.65 Å². The van der Waals surface area contributed by atoms with Crippen molar-refractivity contribution in [1.29, 1.82) is 0 Å². The summed E-state index contributed by atoms with van der Waals surface area (Å²) < 4.78 is 14.9. The van der Waals surface area contributed by atoms with Crippen LogP contribution in [0.15, 0.2) is 24.3 Å². The smallest absolute Gasteiger partial charge is 0.133 e. The topological polar surface area (TPSA) is 73.8 Å². The molecule has 0 aromatic heterocycles. The minimum absolute atomic E-state index is 0.212. The van der Waals surface area contributed by atoms with Crippen molar-refractivity contribution in [3.63, 3.8) is 0 Å². The van der Waals surface area contributed by atoms with Gasteiger partial charge < -0.3 is 24.2 Å². The lowest BCUT2D eigenvalue weighted by Crippen LogP contribution is -2.50. The van der Waals surface area contributed by atoms with Crippen LogP contribution in [0.1, 0.15) is 6.92 Å². The molecule has 0 saturated carbocycles. The molecule has 1 aromatic carbocycles. The van der Waals surface area contributed by atoms with E-state index in [0.29, 0.717) is 25.6 Å². The average Bonchev–Trinajstić information content (AvgIpc) is 2.24. The molecule has 0 atom stereocenters. The Balaban J connectivity index is 2.41. The van der Waals surface area contributed by atoms with Gasteiger partial charge in [0.05, 0.1) is 12.4 Å². The van der Waals surface area contributed by atoms with Gasteiger partial charge in [-0.25, -0.2) is 0 Å². The average molecular weight is 224 g/mol. The van der Waals surface area contributed by atoms with E-state index in [-0.39, 0.29) is 5.75 Å². The van der Waals surface area contributed by atoms with Gasteiger partial charge in [0.2, 0.25) is 0 Å². The van der Waals surface area contributed by atoms with Crippen molar-refractivity contribution in [1.82, 2.24) is 0 Å². The molecular weight excluding hydrogens is 211 g/mol. The van der Waals surface area contributed by atoms with Gasteiger partial charge >= 0.3 is 0 Å². The van der Waals surface area contributed by atoms with Crippen LogP contribution in [0.5, 0.6) is 11.5 Å². The SMILES string of the molecule is CCOCCOc1cccc(OB([O-])[O-])c1. The molecule has 0 unspecified atom stereocenters. The summed E-state index contributed by atoms with van der Waals surface area (Å²) in [6.45, 7) is 3.44. The van der Waals surface area contributed by atoms with Gasteiger partial charge in [0.15, 0.2) is 0 Å². The van der Waals surface area contributed by atoms with Crippen LogP contribution in [0.25, 0.3) is 0 Å². The molecule has 1 aromatic rings. The lowest BCUT2D eigenvalue weighted by atomic mass is 10.2. The van der Waals surface area contributed by atoms with E-state index in [9.17, 15) is 10.0 Å². The third-order valence-electron chi connectivity index (χ3n) is 1.74. The molecule has 0 heterocycles. The molecule has 16 heavy (non-hydrogen) atoms. The van der Waals surface area contributed by atoms with Crippen LogP contribution < -0.4 is 19.4 Å². The fraction of sp³-hybridized carbons (Fsp3) is 0.400. The first-order valence-electron chi connectivity index (χ1n) is 5.01. The first-order chi connectivity index (χ1) is 7.72. The van der Waals surface area contributed by atoms with Crippen molar-refractivity contribution in [2.45, 2.75) is 6.92 Å². The van der Waals surface area contributed by atoms with E-state index < -0.39 is 7.32 Å². The van der Waals surface area contributed by atoms with Crippen LogP contribution >= 0.6 is 0 Å². The van der Waals surface area contributed by atoms with Crippen LogP contribution in [0.4, 0.5) is 0 Å². The molecule has 0 bridgehead atoms. The van der Waals surface area contributed by atoms with Gasteiger partial charge in [-0.3, -0.25) is 0 Å². The first-order valence-corrected chi connectivity index (χ1v) is 5.01. The normalized spacial score (nSPS) is 9.94. The molecule has 0 amide bonds. The van der Waals surface area contributed by atoms with E-state index in [4.69, 9.17) is 9.47 Å². The molecule has 0 fully saturated rings. The van der Waals surface area contributed by atoms with Crippen molar-refractivity contribution in [2.24, 2.45) is 0 Å². The number of hydrogen-bond donors (Lipinski definition) is 0. The number of hydrogen-bond acceptors (Lipinski definition) is 5. The maximum absolute atomic E-state index is 10.3. The molecule has 1 rings (SSSR count). The third kappa shape index (κ3) is 5.02. The Morgan fingerprint density at radius 3 is 2.62 bits per heavy atom.